The highest BCUT2D eigenvalue weighted by Crippen LogP contribution is 2.26. The van der Waals surface area contributed by atoms with Crippen molar-refractivity contribution in [3.05, 3.63) is 18.1 Å². The van der Waals surface area contributed by atoms with E-state index in [0.29, 0.717) is 6.04 Å². The molecule has 0 saturated heterocycles. The SMILES string of the molecule is COC(=O)c1cnc(NC2CCC(C)C2)cn1. The second-order valence-corrected chi connectivity index (χ2v) is 4.54. The van der Waals surface area contributed by atoms with Crippen LogP contribution in [0.4, 0.5) is 5.82 Å². The lowest BCUT2D eigenvalue weighted by Crippen LogP contribution is -2.17. The number of hydrogen-bond acceptors (Lipinski definition) is 5. The number of hydrogen-bond donors (Lipinski definition) is 1. The summed E-state index contributed by atoms with van der Waals surface area (Å²) in [6.07, 6.45) is 6.61. The number of esters is 1. The molecule has 2 atom stereocenters. The maximum atomic E-state index is 11.2. The second-order valence-electron chi connectivity index (χ2n) is 4.54. The van der Waals surface area contributed by atoms with Gasteiger partial charge in [0.25, 0.3) is 0 Å². The van der Waals surface area contributed by atoms with Crippen molar-refractivity contribution in [2.24, 2.45) is 5.92 Å². The Morgan fingerprint density at radius 3 is 2.76 bits per heavy atom. The van der Waals surface area contributed by atoms with Crippen LogP contribution in [0.1, 0.15) is 36.7 Å². The summed E-state index contributed by atoms with van der Waals surface area (Å²) in [6.45, 7) is 2.26. The van der Waals surface area contributed by atoms with E-state index in [4.69, 9.17) is 0 Å². The predicted octanol–water partition coefficient (Wildman–Crippen LogP) is 1.86. The molecule has 0 radical (unpaired) electrons. The summed E-state index contributed by atoms with van der Waals surface area (Å²) in [5.74, 6) is 1.03. The fourth-order valence-electron chi connectivity index (χ4n) is 2.16. The van der Waals surface area contributed by atoms with Crippen LogP contribution >= 0.6 is 0 Å². The number of methoxy groups -OCH3 is 1. The minimum Gasteiger partial charge on any atom is -0.464 e. The number of rotatable bonds is 3. The van der Waals surface area contributed by atoms with Crippen molar-refractivity contribution in [3.8, 4) is 0 Å². The van der Waals surface area contributed by atoms with E-state index in [2.05, 4.69) is 26.9 Å². The summed E-state index contributed by atoms with van der Waals surface area (Å²) < 4.78 is 4.56. The zero-order valence-electron chi connectivity index (χ0n) is 10.1. The van der Waals surface area contributed by atoms with E-state index in [9.17, 15) is 4.79 Å². The van der Waals surface area contributed by atoms with Crippen LogP contribution < -0.4 is 5.32 Å². The van der Waals surface area contributed by atoms with Gasteiger partial charge in [0.1, 0.15) is 5.82 Å². The molecule has 1 aliphatic carbocycles. The lowest BCUT2D eigenvalue weighted by atomic mass is 10.1. The normalized spacial score (nSPS) is 23.4. The first-order valence-electron chi connectivity index (χ1n) is 5.86. The van der Waals surface area contributed by atoms with Crippen LogP contribution in [-0.4, -0.2) is 29.1 Å². The van der Waals surface area contributed by atoms with Crippen LogP contribution in [0.15, 0.2) is 12.4 Å². The number of anilines is 1. The molecule has 0 aliphatic heterocycles. The summed E-state index contributed by atoms with van der Waals surface area (Å²) in [5.41, 5.74) is 0.234. The standard InChI is InChI=1S/C12H17N3O2/c1-8-3-4-9(5-8)15-11-7-13-10(6-14-11)12(16)17-2/h6-9H,3-5H2,1-2H3,(H,14,15). The molecule has 1 N–H and O–H groups in total. The van der Waals surface area contributed by atoms with E-state index < -0.39 is 5.97 Å². The van der Waals surface area contributed by atoms with E-state index in [0.717, 1.165) is 11.7 Å². The Bertz CT molecular complexity index is 391. The molecule has 1 aromatic heterocycles. The minimum absolute atomic E-state index is 0.234. The minimum atomic E-state index is -0.460. The highest BCUT2D eigenvalue weighted by molar-refractivity contribution is 5.86. The van der Waals surface area contributed by atoms with Crippen molar-refractivity contribution in [1.82, 2.24) is 9.97 Å². The molecule has 2 rings (SSSR count). The van der Waals surface area contributed by atoms with Crippen molar-refractivity contribution < 1.29 is 9.53 Å². The molecule has 92 valence electrons. The molecule has 0 spiro atoms. The average Bonchev–Trinajstić information content (AvgIpc) is 2.75. The Morgan fingerprint density at radius 2 is 2.24 bits per heavy atom. The lowest BCUT2D eigenvalue weighted by molar-refractivity contribution is 0.0593. The summed E-state index contributed by atoms with van der Waals surface area (Å²) in [7, 11) is 1.33. The molecule has 1 aromatic rings. The molecule has 0 aromatic carbocycles. The molecule has 0 amide bonds. The van der Waals surface area contributed by atoms with E-state index in [1.807, 2.05) is 0 Å². The van der Waals surface area contributed by atoms with Crippen LogP contribution in [0.3, 0.4) is 0 Å². The summed E-state index contributed by atoms with van der Waals surface area (Å²) in [5, 5.41) is 3.33. The van der Waals surface area contributed by atoms with Crippen molar-refractivity contribution in [1.29, 1.82) is 0 Å². The third-order valence-electron chi connectivity index (χ3n) is 3.09. The number of nitrogens with zero attached hydrogens (tertiary/aromatic N) is 2. The lowest BCUT2D eigenvalue weighted by Gasteiger charge is -2.12. The quantitative estimate of drug-likeness (QED) is 0.810. The number of carbonyl (C=O) groups excluding carboxylic acids is 1. The van der Waals surface area contributed by atoms with Gasteiger partial charge in [0.15, 0.2) is 5.69 Å². The highest BCUT2D eigenvalue weighted by atomic mass is 16.5. The summed E-state index contributed by atoms with van der Waals surface area (Å²) in [6, 6.07) is 0.475. The summed E-state index contributed by atoms with van der Waals surface area (Å²) in [4.78, 5) is 19.3. The average molecular weight is 235 g/mol. The Kier molecular flexibility index (Phi) is 3.56. The molecule has 1 saturated carbocycles. The van der Waals surface area contributed by atoms with Crippen LogP contribution in [0.25, 0.3) is 0 Å². The molecule has 5 nitrogen and oxygen atoms in total. The molecular formula is C12H17N3O2. The zero-order chi connectivity index (χ0) is 12.3. The number of nitrogens with one attached hydrogen (secondary N) is 1. The molecule has 17 heavy (non-hydrogen) atoms. The Balaban J connectivity index is 1.96. The maximum Gasteiger partial charge on any atom is 0.358 e. The van der Waals surface area contributed by atoms with Crippen molar-refractivity contribution in [3.63, 3.8) is 0 Å². The first-order chi connectivity index (χ1) is 8.19. The number of ether oxygens (including phenoxy) is 1. The number of aromatic nitrogens is 2. The van der Waals surface area contributed by atoms with Gasteiger partial charge in [0, 0.05) is 6.04 Å². The fourth-order valence-corrected chi connectivity index (χ4v) is 2.16. The van der Waals surface area contributed by atoms with Crippen LogP contribution in [0.2, 0.25) is 0 Å². The monoisotopic (exact) mass is 235 g/mol. The third-order valence-corrected chi connectivity index (χ3v) is 3.09. The van der Waals surface area contributed by atoms with Gasteiger partial charge in [-0.1, -0.05) is 6.92 Å². The van der Waals surface area contributed by atoms with Crippen LogP contribution in [0, 0.1) is 5.92 Å². The molecule has 2 unspecified atom stereocenters. The van der Waals surface area contributed by atoms with Gasteiger partial charge in [-0.3, -0.25) is 0 Å². The van der Waals surface area contributed by atoms with E-state index >= 15 is 0 Å². The van der Waals surface area contributed by atoms with E-state index in [-0.39, 0.29) is 5.69 Å². The van der Waals surface area contributed by atoms with E-state index in [1.165, 1.54) is 32.6 Å². The van der Waals surface area contributed by atoms with E-state index in [1.54, 1.807) is 6.20 Å². The first kappa shape index (κ1) is 11.8. The Hall–Kier alpha value is -1.65. The molecular weight excluding hydrogens is 218 g/mol. The second kappa shape index (κ2) is 5.12. The third kappa shape index (κ3) is 2.93. The van der Waals surface area contributed by atoms with Gasteiger partial charge in [-0.05, 0) is 25.2 Å². The number of carbonyl (C=O) groups is 1. The van der Waals surface area contributed by atoms with Gasteiger partial charge in [-0.2, -0.15) is 0 Å². The van der Waals surface area contributed by atoms with Gasteiger partial charge in [0.05, 0.1) is 19.5 Å². The molecule has 1 heterocycles. The Labute approximate surface area is 101 Å². The van der Waals surface area contributed by atoms with Gasteiger partial charge in [-0.15, -0.1) is 0 Å². The van der Waals surface area contributed by atoms with Gasteiger partial charge >= 0.3 is 5.97 Å². The van der Waals surface area contributed by atoms with Crippen molar-refractivity contribution in [2.45, 2.75) is 32.2 Å². The molecule has 5 heteroatoms. The molecule has 0 bridgehead atoms. The Morgan fingerprint density at radius 1 is 1.41 bits per heavy atom. The maximum absolute atomic E-state index is 11.2. The molecule has 1 aliphatic rings. The predicted molar refractivity (Wildman–Crippen MR) is 63.8 cm³/mol. The molecule has 1 fully saturated rings. The van der Waals surface area contributed by atoms with Gasteiger partial charge < -0.3 is 10.1 Å². The zero-order valence-corrected chi connectivity index (χ0v) is 10.1. The highest BCUT2D eigenvalue weighted by Gasteiger charge is 2.21. The van der Waals surface area contributed by atoms with Gasteiger partial charge in [0.2, 0.25) is 0 Å². The van der Waals surface area contributed by atoms with Crippen molar-refractivity contribution in [2.75, 3.05) is 12.4 Å². The van der Waals surface area contributed by atoms with Crippen molar-refractivity contribution >= 4 is 11.8 Å². The largest absolute Gasteiger partial charge is 0.464 e. The van der Waals surface area contributed by atoms with Gasteiger partial charge in [-0.25, -0.2) is 14.8 Å². The van der Waals surface area contributed by atoms with Crippen LogP contribution in [-0.2, 0) is 4.74 Å². The topological polar surface area (TPSA) is 64.1 Å². The smallest absolute Gasteiger partial charge is 0.358 e. The first-order valence-corrected chi connectivity index (χ1v) is 5.86. The van der Waals surface area contributed by atoms with Crippen LogP contribution in [0.5, 0.6) is 0 Å². The fraction of sp³-hybridized carbons (Fsp3) is 0.583. The summed E-state index contributed by atoms with van der Waals surface area (Å²) >= 11 is 0.